The summed E-state index contributed by atoms with van der Waals surface area (Å²) in [6.07, 6.45) is 3.82. The third kappa shape index (κ3) is 1.66. The number of rotatable bonds is 1. The van der Waals surface area contributed by atoms with Gasteiger partial charge in [-0.15, -0.1) is 0 Å². The molecule has 1 fully saturated rings. The van der Waals surface area contributed by atoms with Crippen LogP contribution in [0.15, 0.2) is 12.1 Å². The van der Waals surface area contributed by atoms with Gasteiger partial charge >= 0.3 is 0 Å². The Morgan fingerprint density at radius 1 is 1.33 bits per heavy atom. The fourth-order valence-electron chi connectivity index (χ4n) is 3.29. The Bertz CT molecular complexity index is 472. The average Bonchev–Trinajstić information content (AvgIpc) is 2.26. The molecule has 1 heterocycles. The van der Waals surface area contributed by atoms with Gasteiger partial charge in [0.15, 0.2) is 0 Å². The lowest BCUT2D eigenvalue weighted by atomic mass is 9.72. The summed E-state index contributed by atoms with van der Waals surface area (Å²) in [4.78, 5) is 0. The third-order valence-electron chi connectivity index (χ3n) is 4.55. The minimum atomic E-state index is -0.354. The fourth-order valence-corrected chi connectivity index (χ4v) is 3.29. The number of aliphatic hydroxyl groups is 1. The average molecular weight is 246 g/mol. The highest BCUT2D eigenvalue weighted by atomic mass is 16.5. The molecule has 0 radical (unpaired) electrons. The molecule has 1 aliphatic carbocycles. The van der Waals surface area contributed by atoms with Crippen LogP contribution in [0.1, 0.15) is 68.2 Å². The van der Waals surface area contributed by atoms with Crippen molar-refractivity contribution in [1.82, 2.24) is 0 Å². The van der Waals surface area contributed by atoms with Crippen molar-refractivity contribution >= 4 is 0 Å². The first-order chi connectivity index (χ1) is 8.52. The number of ether oxygens (including phenoxy) is 1. The second-order valence-corrected chi connectivity index (χ2v) is 6.23. The van der Waals surface area contributed by atoms with Gasteiger partial charge < -0.3 is 9.84 Å². The van der Waals surface area contributed by atoms with E-state index in [1.165, 1.54) is 12.0 Å². The molecule has 0 amide bonds. The molecule has 1 unspecified atom stereocenters. The monoisotopic (exact) mass is 246 g/mol. The van der Waals surface area contributed by atoms with E-state index >= 15 is 0 Å². The minimum Gasteiger partial charge on any atom is -0.486 e. The smallest absolute Gasteiger partial charge is 0.129 e. The maximum atomic E-state index is 10.5. The Morgan fingerprint density at radius 2 is 2.06 bits per heavy atom. The highest BCUT2D eigenvalue weighted by Crippen LogP contribution is 2.51. The molecule has 18 heavy (non-hydrogen) atoms. The summed E-state index contributed by atoms with van der Waals surface area (Å²) in [5.74, 6) is 1.41. The molecule has 2 nitrogen and oxygen atoms in total. The lowest BCUT2D eigenvalue weighted by Crippen LogP contribution is -2.47. The number of fused-ring (bicyclic) bond motifs is 1. The highest BCUT2D eigenvalue weighted by molar-refractivity contribution is 5.50. The summed E-state index contributed by atoms with van der Waals surface area (Å²) in [7, 11) is 0. The van der Waals surface area contributed by atoms with Gasteiger partial charge in [-0.05, 0) is 43.2 Å². The van der Waals surface area contributed by atoms with E-state index in [1.807, 2.05) is 0 Å². The molecule has 1 aliphatic heterocycles. The second-order valence-electron chi connectivity index (χ2n) is 6.23. The number of aryl methyl sites for hydroxylation is 1. The molecule has 98 valence electrons. The molecular formula is C16H22O2. The van der Waals surface area contributed by atoms with Gasteiger partial charge in [-0.25, -0.2) is 0 Å². The van der Waals surface area contributed by atoms with Crippen molar-refractivity contribution in [3.05, 3.63) is 28.8 Å². The van der Waals surface area contributed by atoms with Crippen molar-refractivity contribution in [2.75, 3.05) is 0 Å². The van der Waals surface area contributed by atoms with Crippen LogP contribution in [0.5, 0.6) is 5.75 Å². The Morgan fingerprint density at radius 3 is 2.61 bits per heavy atom. The maximum Gasteiger partial charge on any atom is 0.129 e. The molecule has 1 atom stereocenters. The van der Waals surface area contributed by atoms with E-state index in [4.69, 9.17) is 4.74 Å². The van der Waals surface area contributed by atoms with E-state index in [2.05, 4.69) is 32.9 Å². The standard InChI is InChI=1S/C16H22O2/c1-10(2)12-6-5-11(3)14-13(17)9-16(7-4-8-16)18-15(12)14/h5-6,10,13,17H,4,7-9H2,1-3H3. The van der Waals surface area contributed by atoms with Gasteiger partial charge in [0.2, 0.25) is 0 Å². The number of hydrogen-bond donors (Lipinski definition) is 1. The molecule has 3 rings (SSSR count). The van der Waals surface area contributed by atoms with Gasteiger partial charge in [0, 0.05) is 12.0 Å². The first kappa shape index (κ1) is 12.0. The van der Waals surface area contributed by atoms with E-state index in [9.17, 15) is 5.11 Å². The van der Waals surface area contributed by atoms with Crippen LogP contribution < -0.4 is 4.74 Å². The van der Waals surface area contributed by atoms with Crippen LogP contribution in [-0.4, -0.2) is 10.7 Å². The molecule has 1 aromatic rings. The zero-order chi connectivity index (χ0) is 12.9. The minimum absolute atomic E-state index is 0.0656. The van der Waals surface area contributed by atoms with Crippen molar-refractivity contribution in [1.29, 1.82) is 0 Å². The van der Waals surface area contributed by atoms with E-state index < -0.39 is 0 Å². The van der Waals surface area contributed by atoms with Gasteiger partial charge in [-0.3, -0.25) is 0 Å². The van der Waals surface area contributed by atoms with Crippen molar-refractivity contribution in [2.24, 2.45) is 0 Å². The lowest BCUT2D eigenvalue weighted by Gasteiger charge is -2.48. The molecule has 0 saturated heterocycles. The molecule has 1 aromatic carbocycles. The van der Waals surface area contributed by atoms with E-state index in [0.29, 0.717) is 5.92 Å². The Balaban J connectivity index is 2.12. The zero-order valence-electron chi connectivity index (χ0n) is 11.5. The molecule has 1 N–H and O–H groups in total. The van der Waals surface area contributed by atoms with Crippen molar-refractivity contribution in [3.63, 3.8) is 0 Å². The fraction of sp³-hybridized carbons (Fsp3) is 0.625. The van der Waals surface area contributed by atoms with E-state index in [0.717, 1.165) is 36.1 Å². The molecule has 2 heteroatoms. The van der Waals surface area contributed by atoms with E-state index in [-0.39, 0.29) is 11.7 Å². The predicted molar refractivity (Wildman–Crippen MR) is 72.1 cm³/mol. The number of benzene rings is 1. The molecule has 1 spiro atoms. The van der Waals surface area contributed by atoms with Crippen LogP contribution in [0.2, 0.25) is 0 Å². The summed E-state index contributed by atoms with van der Waals surface area (Å²) in [6.45, 7) is 6.43. The molecule has 2 aliphatic rings. The van der Waals surface area contributed by atoms with Crippen LogP contribution in [0, 0.1) is 6.92 Å². The van der Waals surface area contributed by atoms with Gasteiger partial charge in [0.25, 0.3) is 0 Å². The highest BCUT2D eigenvalue weighted by Gasteiger charge is 2.46. The van der Waals surface area contributed by atoms with Gasteiger partial charge in [-0.1, -0.05) is 26.0 Å². The molecule has 0 bridgehead atoms. The largest absolute Gasteiger partial charge is 0.486 e. The SMILES string of the molecule is Cc1ccc(C(C)C)c2c1C(O)CC1(CCC1)O2. The number of aliphatic hydroxyl groups excluding tert-OH is 1. The molecule has 1 saturated carbocycles. The molecular weight excluding hydrogens is 224 g/mol. The number of hydrogen-bond acceptors (Lipinski definition) is 2. The normalized spacial score (nSPS) is 24.6. The first-order valence-corrected chi connectivity index (χ1v) is 7.03. The summed E-state index contributed by atoms with van der Waals surface area (Å²) in [6, 6.07) is 4.27. The summed E-state index contributed by atoms with van der Waals surface area (Å²) < 4.78 is 6.34. The van der Waals surface area contributed by atoms with Crippen LogP contribution in [0.3, 0.4) is 0 Å². The Labute approximate surface area is 109 Å². The van der Waals surface area contributed by atoms with Gasteiger partial charge in [0.1, 0.15) is 11.4 Å². The van der Waals surface area contributed by atoms with Crippen LogP contribution in [0.25, 0.3) is 0 Å². The summed E-state index contributed by atoms with van der Waals surface area (Å²) in [5.41, 5.74) is 3.35. The quantitative estimate of drug-likeness (QED) is 0.815. The van der Waals surface area contributed by atoms with Crippen molar-refractivity contribution in [3.8, 4) is 5.75 Å². The lowest BCUT2D eigenvalue weighted by molar-refractivity contribution is -0.0673. The van der Waals surface area contributed by atoms with Crippen molar-refractivity contribution in [2.45, 2.75) is 64.1 Å². The summed E-state index contributed by atoms with van der Waals surface area (Å²) in [5, 5.41) is 10.5. The van der Waals surface area contributed by atoms with Crippen LogP contribution in [0.4, 0.5) is 0 Å². The second kappa shape index (κ2) is 3.99. The van der Waals surface area contributed by atoms with Crippen LogP contribution >= 0.6 is 0 Å². The summed E-state index contributed by atoms with van der Waals surface area (Å²) >= 11 is 0. The van der Waals surface area contributed by atoms with Gasteiger partial charge in [-0.2, -0.15) is 0 Å². The first-order valence-electron chi connectivity index (χ1n) is 7.03. The van der Waals surface area contributed by atoms with Gasteiger partial charge in [0.05, 0.1) is 6.10 Å². The Kier molecular flexibility index (Phi) is 2.67. The Hall–Kier alpha value is -1.02. The predicted octanol–water partition coefficient (Wildman–Crippen LogP) is 3.86. The zero-order valence-corrected chi connectivity index (χ0v) is 11.5. The van der Waals surface area contributed by atoms with Crippen molar-refractivity contribution < 1.29 is 9.84 Å². The van der Waals surface area contributed by atoms with E-state index in [1.54, 1.807) is 0 Å². The topological polar surface area (TPSA) is 29.5 Å². The maximum absolute atomic E-state index is 10.5. The third-order valence-corrected chi connectivity index (χ3v) is 4.55. The molecule has 0 aromatic heterocycles. The van der Waals surface area contributed by atoms with Crippen LogP contribution in [-0.2, 0) is 0 Å².